The molecule has 0 atom stereocenters. The van der Waals surface area contributed by atoms with Gasteiger partial charge >= 0.3 is 0 Å². The second kappa shape index (κ2) is 5.22. The van der Waals surface area contributed by atoms with Gasteiger partial charge in [-0.3, -0.25) is 0 Å². The van der Waals surface area contributed by atoms with E-state index in [1.807, 2.05) is 37.3 Å². The van der Waals surface area contributed by atoms with Crippen molar-refractivity contribution < 1.29 is 4.74 Å². The van der Waals surface area contributed by atoms with Gasteiger partial charge in [0, 0.05) is 23.7 Å². The van der Waals surface area contributed by atoms with Crippen LogP contribution in [0, 0.1) is 6.92 Å². The normalized spacial score (nSPS) is 10.7. The second-order valence-electron chi connectivity index (χ2n) is 4.45. The van der Waals surface area contributed by atoms with Crippen LogP contribution in [0.15, 0.2) is 42.5 Å². The van der Waals surface area contributed by atoms with Crippen molar-refractivity contribution >= 4 is 10.9 Å². The molecule has 0 fully saturated rings. The molecule has 2 N–H and O–H groups in total. The largest absolute Gasteiger partial charge is 0.435 e. The number of pyridine rings is 1. The van der Waals surface area contributed by atoms with E-state index < -0.39 is 0 Å². The molecule has 3 aromatic rings. The number of rotatable bonds is 3. The fourth-order valence-electron chi connectivity index (χ4n) is 1.92. The van der Waals surface area contributed by atoms with Crippen LogP contribution in [0.1, 0.15) is 11.4 Å². The molecule has 0 radical (unpaired) electrons. The standard InChI is InChI=1S/C15H14N4O/c1-10-5-6-11-3-2-4-13(15(11)17-10)20-14-8-7-12(9-16)18-19-14/h2-8H,9,16H2,1H3. The van der Waals surface area contributed by atoms with Gasteiger partial charge in [-0.1, -0.05) is 18.2 Å². The van der Waals surface area contributed by atoms with Gasteiger partial charge in [0.25, 0.3) is 0 Å². The average molecular weight is 266 g/mol. The Morgan fingerprint density at radius 1 is 1.05 bits per heavy atom. The van der Waals surface area contributed by atoms with Gasteiger partial charge in [0.2, 0.25) is 5.88 Å². The Morgan fingerprint density at radius 2 is 1.95 bits per heavy atom. The van der Waals surface area contributed by atoms with Crippen LogP contribution in [0.4, 0.5) is 0 Å². The third kappa shape index (κ3) is 2.44. The number of benzene rings is 1. The summed E-state index contributed by atoms with van der Waals surface area (Å²) in [7, 11) is 0. The number of ether oxygens (including phenoxy) is 1. The highest BCUT2D eigenvalue weighted by atomic mass is 16.5. The molecule has 3 rings (SSSR count). The van der Waals surface area contributed by atoms with Crippen LogP contribution in [-0.2, 0) is 6.54 Å². The minimum absolute atomic E-state index is 0.363. The molecule has 0 saturated heterocycles. The van der Waals surface area contributed by atoms with E-state index in [4.69, 9.17) is 10.5 Å². The molecule has 1 aromatic carbocycles. The molecular weight excluding hydrogens is 252 g/mol. The lowest BCUT2D eigenvalue weighted by Gasteiger charge is -2.07. The highest BCUT2D eigenvalue weighted by Gasteiger charge is 2.06. The zero-order valence-electron chi connectivity index (χ0n) is 11.1. The van der Waals surface area contributed by atoms with E-state index in [9.17, 15) is 0 Å². The maximum absolute atomic E-state index is 5.77. The number of hydrogen-bond acceptors (Lipinski definition) is 5. The number of hydrogen-bond donors (Lipinski definition) is 1. The first-order chi connectivity index (χ1) is 9.76. The van der Waals surface area contributed by atoms with Crippen molar-refractivity contribution in [2.24, 2.45) is 5.73 Å². The lowest BCUT2D eigenvalue weighted by Crippen LogP contribution is -2.01. The lowest BCUT2D eigenvalue weighted by molar-refractivity contribution is 0.458. The molecule has 0 aliphatic carbocycles. The van der Waals surface area contributed by atoms with E-state index in [0.717, 1.165) is 22.3 Å². The monoisotopic (exact) mass is 266 g/mol. The van der Waals surface area contributed by atoms with E-state index in [2.05, 4.69) is 15.2 Å². The zero-order chi connectivity index (χ0) is 13.9. The maximum Gasteiger partial charge on any atom is 0.238 e. The van der Waals surface area contributed by atoms with Gasteiger partial charge in [-0.2, -0.15) is 5.10 Å². The summed E-state index contributed by atoms with van der Waals surface area (Å²) in [6.45, 7) is 2.31. The molecule has 2 heterocycles. The lowest BCUT2D eigenvalue weighted by atomic mass is 10.2. The van der Waals surface area contributed by atoms with E-state index >= 15 is 0 Å². The summed E-state index contributed by atoms with van der Waals surface area (Å²) in [5, 5.41) is 8.99. The van der Waals surface area contributed by atoms with Crippen LogP contribution in [0.2, 0.25) is 0 Å². The predicted molar refractivity (Wildman–Crippen MR) is 76.5 cm³/mol. The predicted octanol–water partition coefficient (Wildman–Crippen LogP) is 2.58. The average Bonchev–Trinajstić information content (AvgIpc) is 2.49. The smallest absolute Gasteiger partial charge is 0.238 e. The summed E-state index contributed by atoms with van der Waals surface area (Å²) in [6, 6.07) is 13.3. The van der Waals surface area contributed by atoms with Crippen molar-refractivity contribution in [2.45, 2.75) is 13.5 Å². The van der Waals surface area contributed by atoms with Crippen molar-refractivity contribution in [3.8, 4) is 11.6 Å². The van der Waals surface area contributed by atoms with Gasteiger partial charge in [-0.25, -0.2) is 4.98 Å². The highest BCUT2D eigenvalue weighted by Crippen LogP contribution is 2.27. The topological polar surface area (TPSA) is 73.9 Å². The first kappa shape index (κ1) is 12.5. The molecule has 0 unspecified atom stereocenters. The van der Waals surface area contributed by atoms with Gasteiger partial charge in [-0.05, 0) is 25.1 Å². The minimum atomic E-state index is 0.363. The van der Waals surface area contributed by atoms with Gasteiger partial charge in [0.05, 0.1) is 5.69 Å². The van der Waals surface area contributed by atoms with E-state index in [1.54, 1.807) is 12.1 Å². The maximum atomic E-state index is 5.77. The van der Waals surface area contributed by atoms with Crippen LogP contribution in [0.3, 0.4) is 0 Å². The minimum Gasteiger partial charge on any atom is -0.435 e. The van der Waals surface area contributed by atoms with Gasteiger partial charge in [0.1, 0.15) is 5.52 Å². The van der Waals surface area contributed by atoms with Gasteiger partial charge < -0.3 is 10.5 Å². The molecular formula is C15H14N4O. The molecule has 5 heteroatoms. The Labute approximate surface area is 116 Å². The Morgan fingerprint density at radius 3 is 2.70 bits per heavy atom. The number of fused-ring (bicyclic) bond motifs is 1. The number of nitrogens with two attached hydrogens (primary N) is 1. The Bertz CT molecular complexity index is 740. The molecule has 0 aliphatic heterocycles. The van der Waals surface area contributed by atoms with Crippen LogP contribution in [0.25, 0.3) is 10.9 Å². The SMILES string of the molecule is Cc1ccc2cccc(Oc3ccc(CN)nn3)c2n1. The van der Waals surface area contributed by atoms with Crippen molar-refractivity contribution in [3.63, 3.8) is 0 Å². The zero-order valence-corrected chi connectivity index (χ0v) is 11.1. The first-order valence-electron chi connectivity index (χ1n) is 6.33. The molecule has 0 aliphatic rings. The van der Waals surface area contributed by atoms with Gasteiger partial charge in [0.15, 0.2) is 5.75 Å². The van der Waals surface area contributed by atoms with Crippen molar-refractivity contribution in [1.82, 2.24) is 15.2 Å². The van der Waals surface area contributed by atoms with Crippen molar-refractivity contribution in [1.29, 1.82) is 0 Å². The molecule has 0 amide bonds. The quantitative estimate of drug-likeness (QED) is 0.788. The van der Waals surface area contributed by atoms with E-state index in [1.165, 1.54) is 0 Å². The molecule has 0 spiro atoms. The summed E-state index contributed by atoms with van der Waals surface area (Å²) >= 11 is 0. The third-order valence-corrected chi connectivity index (χ3v) is 2.94. The number of aryl methyl sites for hydroxylation is 1. The molecule has 2 aromatic heterocycles. The Kier molecular flexibility index (Phi) is 3.26. The fourth-order valence-corrected chi connectivity index (χ4v) is 1.92. The van der Waals surface area contributed by atoms with Crippen LogP contribution in [-0.4, -0.2) is 15.2 Å². The summed E-state index contributed by atoms with van der Waals surface area (Å²) in [5.74, 6) is 1.10. The Balaban J connectivity index is 1.99. The fraction of sp³-hybridized carbons (Fsp3) is 0.133. The second-order valence-corrected chi connectivity index (χ2v) is 4.45. The van der Waals surface area contributed by atoms with Crippen molar-refractivity contribution in [2.75, 3.05) is 0 Å². The molecule has 0 bridgehead atoms. The summed E-state index contributed by atoms with van der Waals surface area (Å²) in [5.41, 5.74) is 7.98. The first-order valence-corrected chi connectivity index (χ1v) is 6.33. The summed E-state index contributed by atoms with van der Waals surface area (Å²) in [4.78, 5) is 4.51. The summed E-state index contributed by atoms with van der Waals surface area (Å²) < 4.78 is 5.77. The van der Waals surface area contributed by atoms with E-state index in [-0.39, 0.29) is 0 Å². The van der Waals surface area contributed by atoms with Crippen LogP contribution in [0.5, 0.6) is 11.6 Å². The third-order valence-electron chi connectivity index (χ3n) is 2.94. The molecule has 20 heavy (non-hydrogen) atoms. The number of para-hydroxylation sites is 1. The number of nitrogens with zero attached hydrogens (tertiary/aromatic N) is 3. The number of aromatic nitrogens is 3. The molecule has 0 saturated carbocycles. The van der Waals surface area contributed by atoms with Gasteiger partial charge in [-0.15, -0.1) is 5.10 Å². The highest BCUT2D eigenvalue weighted by molar-refractivity contribution is 5.84. The molecule has 5 nitrogen and oxygen atoms in total. The van der Waals surface area contributed by atoms with Crippen LogP contribution >= 0.6 is 0 Å². The van der Waals surface area contributed by atoms with E-state index in [0.29, 0.717) is 18.2 Å². The van der Waals surface area contributed by atoms with Crippen LogP contribution < -0.4 is 10.5 Å². The summed E-state index contributed by atoms with van der Waals surface area (Å²) in [6.07, 6.45) is 0. The Hall–Kier alpha value is -2.53. The molecule has 100 valence electrons. The van der Waals surface area contributed by atoms with Crippen molar-refractivity contribution in [3.05, 3.63) is 53.9 Å².